The molecule has 0 fully saturated rings. The summed E-state index contributed by atoms with van der Waals surface area (Å²) in [6.07, 6.45) is -1.92. The highest BCUT2D eigenvalue weighted by atomic mass is 16.5. The van der Waals surface area contributed by atoms with E-state index in [0.29, 0.717) is 83.6 Å². The molecule has 9 aromatic carbocycles. The molecule has 9 aromatic rings. The molecule has 0 spiro atoms. The van der Waals surface area contributed by atoms with E-state index in [0.717, 1.165) is 0 Å². The summed E-state index contributed by atoms with van der Waals surface area (Å²) in [5.74, 6) is -6.61. The van der Waals surface area contributed by atoms with Crippen molar-refractivity contribution in [1.29, 1.82) is 0 Å². The maximum atomic E-state index is 14.7. The number of phenols is 10. The zero-order chi connectivity index (χ0) is 54.3. The summed E-state index contributed by atoms with van der Waals surface area (Å²) >= 11 is 0. The summed E-state index contributed by atoms with van der Waals surface area (Å²) in [6, 6.07) is 43.5. The standard InChI is InChI=1S/C65H48O14/c66-35-11-1-29(2-12-35)44-28-49(76)78-64-57(44)65-61-56(63(79-65)33-9-19-39(70)20-10-33)45-24-42(73)26-47(75)53(45)50(30-3-13-36(67)14-4-30)58-51(31-5-15-37(68)16-6-31)55(60(64)59(58)61)46-25-43(74)27-48-54(46)52(34-21-40(71)23-41(72)22-34)62(77-48)32-7-17-38(69)18-8-32/h1-27,44,50-52,55-56,58,62-63,66-75H,28H2/t44?,50-,51-,52-,55-,56-,58+,62+,63+/m1/s1. The Balaban J connectivity index is 1.17. The van der Waals surface area contributed by atoms with Crippen LogP contribution in [0.4, 0.5) is 0 Å². The summed E-state index contributed by atoms with van der Waals surface area (Å²) < 4.78 is 21.1. The van der Waals surface area contributed by atoms with E-state index < -0.39 is 59.6 Å². The second kappa shape index (κ2) is 17.5. The van der Waals surface area contributed by atoms with Crippen LogP contribution in [0.25, 0.3) is 0 Å². The lowest BCUT2D eigenvalue weighted by Gasteiger charge is -2.35. The molecule has 0 radical (unpaired) electrons. The molecule has 79 heavy (non-hydrogen) atoms. The SMILES string of the molecule is O=C1CC(c2ccc(O)cc2)c2c(c3c4c5c2O[C@@H](c2ccc(O)cc2)[C@@H]5c2cc(O)cc(O)c2[C@@H](c2ccc(O)cc2)[C@H]4[C@H](c2ccc(O)cc2)[C@H]3c2cc(O)cc3c2[C@@H](c2cc(O)cc(O)c2)[C@H](c2ccc(O)cc2)O3)O1. The first-order chi connectivity index (χ1) is 38.2. The summed E-state index contributed by atoms with van der Waals surface area (Å²) in [5, 5.41) is 113. The Morgan fingerprint density at radius 2 is 0.797 bits per heavy atom. The molecule has 0 bridgehead atoms. The van der Waals surface area contributed by atoms with Crippen LogP contribution in [0.15, 0.2) is 164 Å². The van der Waals surface area contributed by atoms with Gasteiger partial charge in [-0.3, -0.25) is 4.79 Å². The van der Waals surface area contributed by atoms with Gasteiger partial charge in [0, 0.05) is 75.6 Å². The highest BCUT2D eigenvalue weighted by Gasteiger charge is 2.59. The number of rotatable bonds is 7. The smallest absolute Gasteiger partial charge is 0.312 e. The van der Waals surface area contributed by atoms with Gasteiger partial charge in [-0.05, 0) is 135 Å². The van der Waals surface area contributed by atoms with Crippen molar-refractivity contribution < 1.29 is 70.1 Å². The number of hydrogen-bond donors (Lipinski definition) is 10. The first-order valence-corrected chi connectivity index (χ1v) is 25.8. The van der Waals surface area contributed by atoms with Crippen molar-refractivity contribution in [3.05, 3.63) is 242 Å². The lowest BCUT2D eigenvalue weighted by molar-refractivity contribution is -0.135. The highest BCUT2D eigenvalue weighted by Crippen LogP contribution is 2.74. The Bertz CT molecular complexity index is 3950. The molecular weight excluding hydrogens is 1000 g/mol. The maximum absolute atomic E-state index is 14.7. The van der Waals surface area contributed by atoms with E-state index >= 15 is 0 Å². The molecule has 1 unspecified atom stereocenters. The zero-order valence-corrected chi connectivity index (χ0v) is 41.6. The van der Waals surface area contributed by atoms with E-state index in [1.807, 2.05) is 12.1 Å². The molecule has 2 aliphatic carbocycles. The minimum absolute atomic E-state index is 0.00691. The summed E-state index contributed by atoms with van der Waals surface area (Å²) in [4.78, 5) is 14.7. The van der Waals surface area contributed by atoms with Gasteiger partial charge in [-0.2, -0.15) is 0 Å². The van der Waals surface area contributed by atoms with Gasteiger partial charge in [0.05, 0.1) is 18.3 Å². The lowest BCUT2D eigenvalue weighted by atomic mass is 9.68. The van der Waals surface area contributed by atoms with Crippen LogP contribution in [-0.2, 0) is 4.79 Å². The predicted molar refractivity (Wildman–Crippen MR) is 286 cm³/mol. The Kier molecular flexibility index (Phi) is 10.5. The van der Waals surface area contributed by atoms with Crippen LogP contribution in [0, 0.1) is 0 Å². The summed E-state index contributed by atoms with van der Waals surface area (Å²) in [6.45, 7) is 0. The molecule has 9 atom stereocenters. The van der Waals surface area contributed by atoms with Crippen LogP contribution in [0.1, 0.15) is 138 Å². The van der Waals surface area contributed by atoms with Gasteiger partial charge in [-0.25, -0.2) is 0 Å². The van der Waals surface area contributed by atoms with E-state index in [-0.39, 0.29) is 75.4 Å². The third-order valence-electron chi connectivity index (χ3n) is 16.8. The molecule has 392 valence electrons. The van der Waals surface area contributed by atoms with Crippen LogP contribution in [0.5, 0.6) is 74.7 Å². The van der Waals surface area contributed by atoms with Gasteiger partial charge in [0.15, 0.2) is 0 Å². The quantitative estimate of drug-likeness (QED) is 0.0527. The van der Waals surface area contributed by atoms with Gasteiger partial charge in [0.2, 0.25) is 0 Å². The Morgan fingerprint density at radius 3 is 1.37 bits per heavy atom. The third kappa shape index (κ3) is 7.42. The fourth-order valence-corrected chi connectivity index (χ4v) is 13.9. The van der Waals surface area contributed by atoms with Crippen LogP contribution in [0.2, 0.25) is 0 Å². The summed E-state index contributed by atoms with van der Waals surface area (Å²) in [5.41, 5.74) is 8.07. The van der Waals surface area contributed by atoms with Crippen LogP contribution >= 0.6 is 0 Å². The molecule has 14 nitrogen and oxygen atoms in total. The van der Waals surface area contributed by atoms with Gasteiger partial charge < -0.3 is 65.3 Å². The largest absolute Gasteiger partial charge is 0.508 e. The summed E-state index contributed by atoms with van der Waals surface area (Å²) in [7, 11) is 0. The molecule has 0 saturated carbocycles. The number of carbonyl (C=O) groups excluding carboxylic acids is 1. The number of phenolic OH excluding ortho intramolecular Hbond substituents is 10. The first-order valence-electron chi connectivity index (χ1n) is 25.8. The number of hydrogen-bond acceptors (Lipinski definition) is 14. The molecule has 0 amide bonds. The Hall–Kier alpha value is -9.95. The third-order valence-corrected chi connectivity index (χ3v) is 16.8. The average Bonchev–Trinajstić information content (AvgIpc) is 1.80. The van der Waals surface area contributed by atoms with Crippen molar-refractivity contribution >= 4 is 5.97 Å². The molecule has 14 heteroatoms. The van der Waals surface area contributed by atoms with Crippen LogP contribution in [0.3, 0.4) is 0 Å². The predicted octanol–water partition coefficient (Wildman–Crippen LogP) is 11.9. The first kappa shape index (κ1) is 47.5. The monoisotopic (exact) mass is 1050 g/mol. The molecule has 0 aromatic heterocycles. The molecule has 5 aliphatic rings. The Morgan fingerprint density at radius 1 is 0.329 bits per heavy atom. The number of esters is 1. The van der Waals surface area contributed by atoms with Crippen molar-refractivity contribution in [1.82, 2.24) is 0 Å². The van der Waals surface area contributed by atoms with Crippen molar-refractivity contribution in [2.75, 3.05) is 0 Å². The topological polar surface area (TPSA) is 247 Å². The van der Waals surface area contributed by atoms with Crippen LogP contribution in [-0.4, -0.2) is 57.0 Å². The van der Waals surface area contributed by atoms with Crippen molar-refractivity contribution in [2.24, 2.45) is 0 Å². The minimum atomic E-state index is -0.944. The molecule has 3 aliphatic heterocycles. The van der Waals surface area contributed by atoms with Gasteiger partial charge in [-0.15, -0.1) is 0 Å². The van der Waals surface area contributed by atoms with Crippen molar-refractivity contribution in [3.63, 3.8) is 0 Å². The highest BCUT2D eigenvalue weighted by molar-refractivity contribution is 5.85. The van der Waals surface area contributed by atoms with E-state index in [4.69, 9.17) is 14.2 Å². The zero-order valence-electron chi connectivity index (χ0n) is 41.6. The van der Waals surface area contributed by atoms with Gasteiger partial charge in [-0.1, -0.05) is 60.7 Å². The normalized spacial score (nSPS) is 22.8. The van der Waals surface area contributed by atoms with E-state index in [2.05, 4.69) is 0 Å². The molecular formula is C65H48O14. The Labute approximate surface area is 450 Å². The number of carbonyl (C=O) groups is 1. The number of aromatic hydroxyl groups is 10. The maximum Gasteiger partial charge on any atom is 0.312 e. The van der Waals surface area contributed by atoms with Gasteiger partial charge >= 0.3 is 5.97 Å². The second-order valence-corrected chi connectivity index (χ2v) is 21.2. The fraction of sp³-hybridized carbons (Fsp3) is 0.154. The second-order valence-electron chi connectivity index (χ2n) is 21.2. The molecule has 10 N–H and O–H groups in total. The lowest BCUT2D eigenvalue weighted by Crippen LogP contribution is -2.24. The molecule has 0 saturated heterocycles. The fourth-order valence-electron chi connectivity index (χ4n) is 13.9. The number of fused-ring (bicyclic) bond motifs is 6. The molecule has 3 heterocycles. The minimum Gasteiger partial charge on any atom is -0.508 e. The van der Waals surface area contributed by atoms with Crippen molar-refractivity contribution in [2.45, 2.75) is 60.1 Å². The van der Waals surface area contributed by atoms with E-state index in [1.54, 1.807) is 109 Å². The van der Waals surface area contributed by atoms with E-state index in [9.17, 15) is 55.9 Å². The number of benzene rings is 9. The average molecular weight is 1050 g/mol. The molecule has 14 rings (SSSR count). The van der Waals surface area contributed by atoms with Gasteiger partial charge in [0.25, 0.3) is 0 Å². The van der Waals surface area contributed by atoms with Crippen molar-refractivity contribution in [3.8, 4) is 74.7 Å². The van der Waals surface area contributed by atoms with E-state index in [1.165, 1.54) is 42.5 Å². The van der Waals surface area contributed by atoms with Crippen LogP contribution < -0.4 is 14.2 Å². The number of ether oxygens (including phenoxy) is 3. The van der Waals surface area contributed by atoms with Gasteiger partial charge in [0.1, 0.15) is 87.0 Å².